The minimum atomic E-state index is -3.03. The van der Waals surface area contributed by atoms with Gasteiger partial charge in [0.2, 0.25) is 5.91 Å². The summed E-state index contributed by atoms with van der Waals surface area (Å²) in [6, 6.07) is 12.1. The molecule has 9 heteroatoms. The minimum Gasteiger partial charge on any atom is -0.310 e. The first kappa shape index (κ1) is 22.9. The Balaban J connectivity index is 1.35. The standard InChI is InChI=1S/C23H33N5O3S/c1-18-13-21(28(25-18)20-9-12-32(30,31)16-20)24-22(29)15-26-10-11-27(23(2,3)17-26)14-19-7-5-4-6-8-19/h4-8,13,20H,9-12,14-17H2,1-3H3,(H,24,29). The zero-order valence-electron chi connectivity index (χ0n) is 19.1. The van der Waals surface area contributed by atoms with Gasteiger partial charge in [-0.15, -0.1) is 0 Å². The van der Waals surface area contributed by atoms with E-state index in [-0.39, 0.29) is 29.0 Å². The third kappa shape index (κ3) is 5.39. The van der Waals surface area contributed by atoms with Crippen molar-refractivity contribution in [2.45, 2.75) is 45.3 Å². The van der Waals surface area contributed by atoms with Crippen molar-refractivity contribution in [1.29, 1.82) is 0 Å². The van der Waals surface area contributed by atoms with Gasteiger partial charge in [0.15, 0.2) is 9.84 Å². The zero-order valence-corrected chi connectivity index (χ0v) is 19.9. The molecule has 1 N–H and O–H groups in total. The number of carbonyl (C=O) groups is 1. The molecule has 2 saturated heterocycles. The number of hydrogen-bond acceptors (Lipinski definition) is 6. The Bertz CT molecular complexity index is 1060. The van der Waals surface area contributed by atoms with Crippen LogP contribution < -0.4 is 5.32 Å². The molecule has 2 aromatic rings. The van der Waals surface area contributed by atoms with E-state index < -0.39 is 9.84 Å². The van der Waals surface area contributed by atoms with Gasteiger partial charge in [-0.05, 0) is 32.8 Å². The number of anilines is 1. The maximum atomic E-state index is 12.8. The number of nitrogens with one attached hydrogen (secondary N) is 1. The molecular weight excluding hydrogens is 426 g/mol. The van der Waals surface area contributed by atoms with E-state index in [9.17, 15) is 13.2 Å². The Morgan fingerprint density at radius 3 is 2.62 bits per heavy atom. The molecular formula is C23H33N5O3S. The number of carbonyl (C=O) groups excluding carboxylic acids is 1. The molecule has 4 rings (SSSR count). The van der Waals surface area contributed by atoms with Gasteiger partial charge in [0.1, 0.15) is 5.82 Å². The third-order valence-electron chi connectivity index (χ3n) is 6.42. The molecule has 0 radical (unpaired) electrons. The van der Waals surface area contributed by atoms with Crippen LogP contribution in [0, 0.1) is 6.92 Å². The molecule has 1 aromatic carbocycles. The number of aromatic nitrogens is 2. The summed E-state index contributed by atoms with van der Waals surface area (Å²) >= 11 is 0. The summed E-state index contributed by atoms with van der Waals surface area (Å²) in [5.41, 5.74) is 2.01. The summed E-state index contributed by atoms with van der Waals surface area (Å²) in [6.45, 7) is 10.0. The monoisotopic (exact) mass is 459 g/mol. The smallest absolute Gasteiger partial charge is 0.239 e. The predicted octanol–water partition coefficient (Wildman–Crippen LogP) is 2.09. The SMILES string of the molecule is Cc1cc(NC(=O)CN2CCN(Cc3ccccc3)C(C)(C)C2)n(C2CCS(=O)(=O)C2)n1. The minimum absolute atomic E-state index is 0.0507. The molecule has 0 spiro atoms. The molecule has 1 atom stereocenters. The van der Waals surface area contributed by atoms with E-state index in [2.05, 4.69) is 58.3 Å². The molecule has 3 heterocycles. The van der Waals surface area contributed by atoms with Crippen LogP contribution in [0.4, 0.5) is 5.82 Å². The average Bonchev–Trinajstić information content (AvgIpc) is 3.25. The summed E-state index contributed by atoms with van der Waals surface area (Å²) in [4.78, 5) is 17.5. The highest BCUT2D eigenvalue weighted by Crippen LogP contribution is 2.27. The highest BCUT2D eigenvalue weighted by Gasteiger charge is 2.35. The summed E-state index contributed by atoms with van der Waals surface area (Å²) < 4.78 is 25.4. The molecule has 0 saturated carbocycles. The van der Waals surface area contributed by atoms with Crippen LogP contribution in [0.3, 0.4) is 0 Å². The van der Waals surface area contributed by atoms with E-state index in [0.29, 0.717) is 18.8 Å². The Morgan fingerprint density at radius 2 is 1.97 bits per heavy atom. The number of rotatable bonds is 6. The number of aryl methyl sites for hydroxylation is 1. The molecule has 0 aliphatic carbocycles. The second-order valence-corrected chi connectivity index (χ2v) is 11.9. The number of hydrogen-bond donors (Lipinski definition) is 1. The molecule has 32 heavy (non-hydrogen) atoms. The van der Waals surface area contributed by atoms with Gasteiger partial charge in [0, 0.05) is 37.8 Å². The van der Waals surface area contributed by atoms with Crippen molar-refractivity contribution in [1.82, 2.24) is 19.6 Å². The summed E-state index contributed by atoms with van der Waals surface area (Å²) in [6.07, 6.45) is 0.532. The Morgan fingerprint density at radius 1 is 1.22 bits per heavy atom. The fourth-order valence-electron chi connectivity index (χ4n) is 4.77. The Kier molecular flexibility index (Phi) is 6.42. The number of piperazine rings is 1. The first-order chi connectivity index (χ1) is 15.1. The van der Waals surface area contributed by atoms with E-state index in [1.54, 1.807) is 4.68 Å². The van der Waals surface area contributed by atoms with Crippen molar-refractivity contribution in [3.8, 4) is 0 Å². The molecule has 2 aliphatic rings. The van der Waals surface area contributed by atoms with Gasteiger partial charge in [0.25, 0.3) is 0 Å². The molecule has 0 bridgehead atoms. The van der Waals surface area contributed by atoms with E-state index in [1.165, 1.54) is 5.56 Å². The van der Waals surface area contributed by atoms with Gasteiger partial charge in [0.05, 0.1) is 29.8 Å². The first-order valence-corrected chi connectivity index (χ1v) is 13.0. The fourth-order valence-corrected chi connectivity index (χ4v) is 6.46. The quantitative estimate of drug-likeness (QED) is 0.712. The van der Waals surface area contributed by atoms with Crippen LogP contribution in [0.2, 0.25) is 0 Å². The maximum Gasteiger partial charge on any atom is 0.239 e. The lowest BCUT2D eigenvalue weighted by Gasteiger charge is -2.47. The second kappa shape index (κ2) is 8.96. The summed E-state index contributed by atoms with van der Waals surface area (Å²) in [7, 11) is -3.03. The second-order valence-electron chi connectivity index (χ2n) is 9.65. The van der Waals surface area contributed by atoms with Crippen molar-refractivity contribution in [3.05, 3.63) is 47.7 Å². The highest BCUT2D eigenvalue weighted by molar-refractivity contribution is 7.91. The first-order valence-electron chi connectivity index (χ1n) is 11.2. The lowest BCUT2D eigenvalue weighted by molar-refractivity contribution is -0.118. The van der Waals surface area contributed by atoms with Gasteiger partial charge >= 0.3 is 0 Å². The number of benzene rings is 1. The van der Waals surface area contributed by atoms with Crippen LogP contribution in [0.1, 0.15) is 37.6 Å². The molecule has 1 amide bonds. The van der Waals surface area contributed by atoms with Gasteiger partial charge in [-0.25, -0.2) is 13.1 Å². The van der Waals surface area contributed by atoms with Crippen LogP contribution >= 0.6 is 0 Å². The van der Waals surface area contributed by atoms with Crippen molar-refractivity contribution in [3.63, 3.8) is 0 Å². The lowest BCUT2D eigenvalue weighted by atomic mass is 9.97. The number of sulfone groups is 1. The largest absolute Gasteiger partial charge is 0.310 e. The van der Waals surface area contributed by atoms with Crippen molar-refractivity contribution >= 4 is 21.6 Å². The summed E-state index contributed by atoms with van der Waals surface area (Å²) in [5.74, 6) is 0.733. The van der Waals surface area contributed by atoms with Crippen LogP contribution in [0.5, 0.6) is 0 Å². The topological polar surface area (TPSA) is 87.5 Å². The van der Waals surface area contributed by atoms with Gasteiger partial charge in [-0.1, -0.05) is 30.3 Å². The van der Waals surface area contributed by atoms with Crippen LogP contribution in [0.15, 0.2) is 36.4 Å². The predicted molar refractivity (Wildman–Crippen MR) is 125 cm³/mol. The zero-order chi connectivity index (χ0) is 22.9. The van der Waals surface area contributed by atoms with Crippen LogP contribution in [-0.2, 0) is 21.2 Å². The van der Waals surface area contributed by atoms with Crippen LogP contribution in [-0.4, -0.2) is 77.1 Å². The third-order valence-corrected chi connectivity index (χ3v) is 8.17. The number of nitrogens with zero attached hydrogens (tertiary/aromatic N) is 4. The van der Waals surface area contributed by atoms with Crippen LogP contribution in [0.25, 0.3) is 0 Å². The molecule has 8 nitrogen and oxygen atoms in total. The van der Waals surface area contributed by atoms with Crippen molar-refractivity contribution in [2.24, 2.45) is 0 Å². The van der Waals surface area contributed by atoms with E-state index in [4.69, 9.17) is 0 Å². The molecule has 1 aromatic heterocycles. The van der Waals surface area contributed by atoms with Gasteiger partial charge < -0.3 is 5.32 Å². The lowest BCUT2D eigenvalue weighted by Crippen LogP contribution is -2.59. The Hall–Kier alpha value is -2.23. The van der Waals surface area contributed by atoms with E-state index in [1.807, 2.05) is 19.1 Å². The fraction of sp³-hybridized carbons (Fsp3) is 0.565. The average molecular weight is 460 g/mol. The molecule has 2 aliphatic heterocycles. The van der Waals surface area contributed by atoms with Crippen molar-refractivity contribution in [2.75, 3.05) is 43.0 Å². The molecule has 2 fully saturated rings. The van der Waals surface area contributed by atoms with Crippen molar-refractivity contribution < 1.29 is 13.2 Å². The van der Waals surface area contributed by atoms with Gasteiger partial charge in [-0.3, -0.25) is 14.6 Å². The summed E-state index contributed by atoms with van der Waals surface area (Å²) in [5, 5.41) is 7.42. The van der Waals surface area contributed by atoms with Gasteiger partial charge in [-0.2, -0.15) is 5.10 Å². The normalized spacial score (nSPS) is 23.3. The number of amides is 1. The Labute approximate surface area is 190 Å². The molecule has 174 valence electrons. The molecule has 1 unspecified atom stereocenters. The highest BCUT2D eigenvalue weighted by atomic mass is 32.2. The van der Waals surface area contributed by atoms with E-state index in [0.717, 1.165) is 31.9 Å². The van der Waals surface area contributed by atoms with E-state index >= 15 is 0 Å². The maximum absolute atomic E-state index is 12.8.